The Morgan fingerprint density at radius 3 is 3.09 bits per heavy atom. The first-order valence-electron chi connectivity index (χ1n) is 2.91. The third kappa shape index (κ3) is 1.99. The second-order valence-electron chi connectivity index (χ2n) is 1.86. The smallest absolute Gasteiger partial charge is 0.347 e. The van der Waals surface area contributed by atoms with Crippen LogP contribution in [0.4, 0.5) is 0 Å². The van der Waals surface area contributed by atoms with Crippen molar-refractivity contribution in [1.82, 2.24) is 4.98 Å². The van der Waals surface area contributed by atoms with Crippen LogP contribution in [0.1, 0.15) is 14.7 Å². The number of methoxy groups -OCH3 is 1. The van der Waals surface area contributed by atoms with Gasteiger partial charge in [0.15, 0.2) is 0 Å². The molecule has 0 saturated heterocycles. The molecule has 0 aliphatic heterocycles. The Morgan fingerprint density at radius 2 is 2.64 bits per heavy atom. The van der Waals surface area contributed by atoms with E-state index in [1.807, 2.05) is 0 Å². The van der Waals surface area contributed by atoms with Crippen molar-refractivity contribution in [2.75, 3.05) is 7.11 Å². The van der Waals surface area contributed by atoms with E-state index in [1.54, 1.807) is 7.11 Å². The van der Waals surface area contributed by atoms with Gasteiger partial charge >= 0.3 is 5.97 Å². The van der Waals surface area contributed by atoms with Crippen LogP contribution in [-0.4, -0.2) is 23.2 Å². The van der Waals surface area contributed by atoms with E-state index in [0.717, 1.165) is 11.3 Å². The number of nitrogens with zero attached hydrogens (tertiary/aromatic N) is 1. The van der Waals surface area contributed by atoms with Gasteiger partial charge in [-0.2, -0.15) is 0 Å². The molecule has 0 amide bonds. The minimum atomic E-state index is -0.940. The molecule has 0 aromatic carbocycles. The maximum Gasteiger partial charge on any atom is 0.347 e. The summed E-state index contributed by atoms with van der Waals surface area (Å²) < 4.78 is 4.78. The topological polar surface area (TPSA) is 59.4 Å². The average molecular weight is 173 g/mol. The summed E-state index contributed by atoms with van der Waals surface area (Å²) in [4.78, 5) is 14.4. The van der Waals surface area contributed by atoms with Crippen LogP contribution in [-0.2, 0) is 11.3 Å². The van der Waals surface area contributed by atoms with E-state index in [2.05, 4.69) is 4.98 Å². The van der Waals surface area contributed by atoms with Gasteiger partial charge in [-0.05, 0) is 0 Å². The lowest BCUT2D eigenvalue weighted by Gasteiger charge is -1.88. The molecule has 1 aromatic rings. The molecular formula is C6H7NO3S. The molecule has 0 aliphatic carbocycles. The van der Waals surface area contributed by atoms with E-state index in [4.69, 9.17) is 9.84 Å². The highest BCUT2D eigenvalue weighted by molar-refractivity contribution is 7.13. The highest BCUT2D eigenvalue weighted by Crippen LogP contribution is 2.12. The van der Waals surface area contributed by atoms with Crippen LogP contribution >= 0.6 is 11.3 Å². The largest absolute Gasteiger partial charge is 0.477 e. The van der Waals surface area contributed by atoms with Crippen molar-refractivity contribution in [3.05, 3.63) is 16.1 Å². The molecule has 1 rings (SSSR count). The maximum absolute atomic E-state index is 10.3. The summed E-state index contributed by atoms with van der Waals surface area (Å²) in [6.45, 7) is 0.373. The molecular weight excluding hydrogens is 166 g/mol. The summed E-state index contributed by atoms with van der Waals surface area (Å²) in [7, 11) is 1.54. The molecule has 1 heterocycles. The predicted octanol–water partition coefficient (Wildman–Crippen LogP) is 0.988. The molecule has 1 aromatic heterocycles. The maximum atomic E-state index is 10.3. The predicted molar refractivity (Wildman–Crippen MR) is 39.8 cm³/mol. The van der Waals surface area contributed by atoms with Crippen LogP contribution in [0.25, 0.3) is 0 Å². The van der Waals surface area contributed by atoms with E-state index < -0.39 is 5.97 Å². The normalized spacial score (nSPS) is 9.91. The van der Waals surface area contributed by atoms with Crippen LogP contribution in [0, 0.1) is 0 Å². The van der Waals surface area contributed by atoms with Crippen LogP contribution in [0.2, 0.25) is 0 Å². The van der Waals surface area contributed by atoms with Gasteiger partial charge in [-0.25, -0.2) is 9.78 Å². The van der Waals surface area contributed by atoms with Crippen molar-refractivity contribution >= 4 is 17.3 Å². The van der Waals surface area contributed by atoms with Crippen LogP contribution in [0.15, 0.2) is 6.20 Å². The molecule has 0 radical (unpaired) electrons. The van der Waals surface area contributed by atoms with Gasteiger partial charge in [-0.15, -0.1) is 11.3 Å². The van der Waals surface area contributed by atoms with Crippen molar-refractivity contribution in [3.63, 3.8) is 0 Å². The van der Waals surface area contributed by atoms with E-state index in [1.165, 1.54) is 6.20 Å². The van der Waals surface area contributed by atoms with E-state index in [0.29, 0.717) is 11.6 Å². The quantitative estimate of drug-likeness (QED) is 0.740. The highest BCUT2D eigenvalue weighted by atomic mass is 32.1. The molecule has 11 heavy (non-hydrogen) atoms. The van der Waals surface area contributed by atoms with Gasteiger partial charge in [-0.1, -0.05) is 0 Å². The Labute approximate surface area is 67.5 Å². The van der Waals surface area contributed by atoms with Crippen molar-refractivity contribution in [3.8, 4) is 0 Å². The third-order valence-electron chi connectivity index (χ3n) is 1.03. The Bertz CT molecular complexity index is 258. The third-order valence-corrected chi connectivity index (χ3v) is 1.99. The Morgan fingerprint density at radius 1 is 1.91 bits per heavy atom. The van der Waals surface area contributed by atoms with Gasteiger partial charge in [0, 0.05) is 7.11 Å². The molecule has 0 saturated carbocycles. The number of aromatic nitrogens is 1. The number of carboxylic acids is 1. The summed E-state index contributed by atoms with van der Waals surface area (Å²) in [5, 5.41) is 9.18. The van der Waals surface area contributed by atoms with Gasteiger partial charge in [0.2, 0.25) is 0 Å². The fourth-order valence-corrected chi connectivity index (χ4v) is 1.33. The summed E-state index contributed by atoms with van der Waals surface area (Å²) in [5.74, 6) is -0.940. The van der Waals surface area contributed by atoms with Crippen molar-refractivity contribution in [2.24, 2.45) is 0 Å². The number of ether oxygens (including phenoxy) is 1. The number of thiazole rings is 1. The molecule has 0 bridgehead atoms. The van der Waals surface area contributed by atoms with E-state index >= 15 is 0 Å². The van der Waals surface area contributed by atoms with Crippen LogP contribution in [0.5, 0.6) is 0 Å². The van der Waals surface area contributed by atoms with Crippen molar-refractivity contribution in [1.29, 1.82) is 0 Å². The second-order valence-corrected chi connectivity index (χ2v) is 2.97. The lowest BCUT2D eigenvalue weighted by molar-refractivity contribution is 0.0702. The number of hydrogen-bond donors (Lipinski definition) is 1. The zero-order chi connectivity index (χ0) is 8.27. The number of carbonyl (C=O) groups is 1. The standard InChI is InChI=1S/C6H7NO3S/c1-10-3-5-7-2-4(11-5)6(8)9/h2H,3H2,1H3,(H,8,9). The fourth-order valence-electron chi connectivity index (χ4n) is 0.599. The first-order chi connectivity index (χ1) is 5.24. The summed E-state index contributed by atoms with van der Waals surface area (Å²) in [6, 6.07) is 0. The minimum Gasteiger partial charge on any atom is -0.477 e. The molecule has 0 fully saturated rings. The lowest BCUT2D eigenvalue weighted by Crippen LogP contribution is -1.89. The van der Waals surface area contributed by atoms with Gasteiger partial charge in [-0.3, -0.25) is 0 Å². The Hall–Kier alpha value is -0.940. The Kier molecular flexibility index (Phi) is 2.56. The molecule has 5 heteroatoms. The second kappa shape index (κ2) is 3.45. The highest BCUT2D eigenvalue weighted by Gasteiger charge is 2.07. The minimum absolute atomic E-state index is 0.247. The van der Waals surface area contributed by atoms with Gasteiger partial charge in [0.25, 0.3) is 0 Å². The first-order valence-corrected chi connectivity index (χ1v) is 3.72. The van der Waals surface area contributed by atoms with E-state index in [9.17, 15) is 4.79 Å². The average Bonchev–Trinajstić information content (AvgIpc) is 2.37. The van der Waals surface area contributed by atoms with Gasteiger partial charge in [0.05, 0.1) is 12.8 Å². The molecule has 0 spiro atoms. The van der Waals surface area contributed by atoms with Crippen molar-refractivity contribution in [2.45, 2.75) is 6.61 Å². The molecule has 4 nitrogen and oxygen atoms in total. The van der Waals surface area contributed by atoms with Gasteiger partial charge < -0.3 is 9.84 Å². The molecule has 0 unspecified atom stereocenters. The summed E-state index contributed by atoms with van der Waals surface area (Å²) in [5.41, 5.74) is 0. The fraction of sp³-hybridized carbons (Fsp3) is 0.333. The number of rotatable bonds is 3. The number of carboxylic acid groups (broad SMARTS) is 1. The van der Waals surface area contributed by atoms with Gasteiger partial charge in [0.1, 0.15) is 9.88 Å². The number of aromatic carboxylic acids is 1. The lowest BCUT2D eigenvalue weighted by atomic mass is 10.6. The zero-order valence-electron chi connectivity index (χ0n) is 5.90. The molecule has 60 valence electrons. The molecule has 0 aliphatic rings. The zero-order valence-corrected chi connectivity index (χ0v) is 6.72. The van der Waals surface area contributed by atoms with Crippen molar-refractivity contribution < 1.29 is 14.6 Å². The molecule has 1 N–H and O–H groups in total. The SMILES string of the molecule is COCc1ncc(C(=O)O)s1. The van der Waals surface area contributed by atoms with E-state index in [-0.39, 0.29) is 4.88 Å². The first kappa shape index (κ1) is 8.16. The number of hydrogen-bond acceptors (Lipinski definition) is 4. The monoisotopic (exact) mass is 173 g/mol. The summed E-state index contributed by atoms with van der Waals surface area (Å²) in [6.07, 6.45) is 1.33. The van der Waals surface area contributed by atoms with Crippen LogP contribution in [0.3, 0.4) is 0 Å². The molecule has 0 atom stereocenters. The summed E-state index contributed by atoms with van der Waals surface area (Å²) >= 11 is 1.13. The Balaban J connectivity index is 2.73. The van der Waals surface area contributed by atoms with Crippen LogP contribution < -0.4 is 0 Å².